The summed E-state index contributed by atoms with van der Waals surface area (Å²) in [6.45, 7) is 0. The fraction of sp³-hybridized carbons (Fsp3) is 0. The van der Waals surface area contributed by atoms with Gasteiger partial charge in [-0.1, -0.05) is 12.1 Å². The van der Waals surface area contributed by atoms with Crippen LogP contribution in [0.4, 0.5) is 5.69 Å². The summed E-state index contributed by atoms with van der Waals surface area (Å²) in [6.07, 6.45) is 0. The monoisotopic (exact) mass is 296 g/mol. The van der Waals surface area contributed by atoms with E-state index in [1.54, 1.807) is 12.1 Å². The van der Waals surface area contributed by atoms with Gasteiger partial charge in [-0.3, -0.25) is 5.43 Å². The number of rotatable bonds is 2. The molecule has 4 nitrogen and oxygen atoms in total. The van der Waals surface area contributed by atoms with Crippen LogP contribution in [-0.4, -0.2) is 5.71 Å². The van der Waals surface area contributed by atoms with Crippen molar-refractivity contribution in [3.8, 4) is 12.1 Å². The van der Waals surface area contributed by atoms with Crippen molar-refractivity contribution >= 4 is 34.0 Å². The number of hydrogen-bond donors (Lipinski definition) is 1. The molecule has 14 heavy (non-hydrogen) atoms. The van der Waals surface area contributed by atoms with Gasteiger partial charge >= 0.3 is 0 Å². The molecule has 0 aliphatic heterocycles. The Morgan fingerprint density at radius 3 is 2.50 bits per heavy atom. The van der Waals surface area contributed by atoms with Gasteiger partial charge in [0.25, 0.3) is 0 Å². The Morgan fingerprint density at radius 1 is 1.29 bits per heavy atom. The van der Waals surface area contributed by atoms with Crippen molar-refractivity contribution in [3.63, 3.8) is 0 Å². The molecule has 1 aromatic carbocycles. The minimum absolute atomic E-state index is 0.190. The first-order chi connectivity index (χ1) is 6.77. The van der Waals surface area contributed by atoms with E-state index in [0.717, 1.165) is 9.26 Å². The van der Waals surface area contributed by atoms with Gasteiger partial charge in [0.1, 0.15) is 12.1 Å². The molecule has 0 heterocycles. The van der Waals surface area contributed by atoms with Gasteiger partial charge in [-0.05, 0) is 34.7 Å². The quantitative estimate of drug-likeness (QED) is 0.516. The number of para-hydroxylation sites is 1. The van der Waals surface area contributed by atoms with E-state index in [1.165, 1.54) is 0 Å². The minimum Gasteiger partial charge on any atom is -0.275 e. The second-order valence-electron chi connectivity index (χ2n) is 2.28. The molecular formula is C9H5IN4. The van der Waals surface area contributed by atoms with Crippen LogP contribution in [0.1, 0.15) is 0 Å². The highest BCUT2D eigenvalue weighted by Gasteiger charge is 1.97. The van der Waals surface area contributed by atoms with Crippen LogP contribution in [0.15, 0.2) is 29.4 Å². The SMILES string of the molecule is N#CC(C#N)=NNc1ccccc1I. The van der Waals surface area contributed by atoms with E-state index >= 15 is 0 Å². The average Bonchev–Trinajstić information content (AvgIpc) is 2.22. The first-order valence-electron chi connectivity index (χ1n) is 3.66. The van der Waals surface area contributed by atoms with Gasteiger partial charge in [0, 0.05) is 3.57 Å². The third kappa shape index (κ3) is 2.71. The lowest BCUT2D eigenvalue weighted by Crippen LogP contribution is -1.97. The zero-order valence-corrected chi connectivity index (χ0v) is 9.19. The van der Waals surface area contributed by atoms with E-state index < -0.39 is 0 Å². The van der Waals surface area contributed by atoms with Crippen LogP contribution in [0.25, 0.3) is 0 Å². The number of hydrazone groups is 1. The van der Waals surface area contributed by atoms with Crippen LogP contribution < -0.4 is 5.43 Å². The van der Waals surface area contributed by atoms with Crippen LogP contribution in [-0.2, 0) is 0 Å². The van der Waals surface area contributed by atoms with E-state index in [9.17, 15) is 0 Å². The van der Waals surface area contributed by atoms with Gasteiger partial charge < -0.3 is 0 Å². The Kier molecular flexibility index (Phi) is 3.89. The van der Waals surface area contributed by atoms with Crippen LogP contribution in [0.3, 0.4) is 0 Å². The molecular weight excluding hydrogens is 291 g/mol. The second-order valence-corrected chi connectivity index (χ2v) is 3.44. The lowest BCUT2D eigenvalue weighted by molar-refractivity contribution is 1.33. The molecule has 0 amide bonds. The molecule has 5 heteroatoms. The minimum atomic E-state index is -0.190. The normalized spacial score (nSPS) is 8.21. The summed E-state index contributed by atoms with van der Waals surface area (Å²) in [5.41, 5.74) is 3.23. The Morgan fingerprint density at radius 2 is 1.93 bits per heavy atom. The number of nitrogens with zero attached hydrogens (tertiary/aromatic N) is 3. The molecule has 1 N–H and O–H groups in total. The zero-order valence-electron chi connectivity index (χ0n) is 7.03. The van der Waals surface area contributed by atoms with E-state index in [4.69, 9.17) is 10.5 Å². The van der Waals surface area contributed by atoms with Crippen molar-refractivity contribution < 1.29 is 0 Å². The van der Waals surface area contributed by atoms with E-state index in [-0.39, 0.29) is 5.71 Å². The maximum atomic E-state index is 8.43. The van der Waals surface area contributed by atoms with E-state index in [2.05, 4.69) is 33.1 Å². The van der Waals surface area contributed by atoms with Crippen molar-refractivity contribution in [2.24, 2.45) is 5.10 Å². The highest BCUT2D eigenvalue weighted by Crippen LogP contribution is 2.16. The van der Waals surface area contributed by atoms with Crippen LogP contribution in [0.5, 0.6) is 0 Å². The Balaban J connectivity index is 2.83. The second kappa shape index (κ2) is 5.20. The standard InChI is InChI=1S/C9H5IN4/c10-8-3-1-2-4-9(8)14-13-7(5-11)6-12/h1-4,14H. The molecule has 0 bridgehead atoms. The average molecular weight is 296 g/mol. The molecule has 1 rings (SSSR count). The van der Waals surface area contributed by atoms with Crippen molar-refractivity contribution in [2.75, 3.05) is 5.43 Å². The van der Waals surface area contributed by atoms with E-state index in [0.29, 0.717) is 0 Å². The van der Waals surface area contributed by atoms with Gasteiger partial charge in [-0.15, -0.1) is 0 Å². The fourth-order valence-electron chi connectivity index (χ4n) is 0.743. The molecule has 0 atom stereocenters. The summed E-state index contributed by atoms with van der Waals surface area (Å²) in [5.74, 6) is 0. The van der Waals surface area contributed by atoms with Gasteiger partial charge in [-0.2, -0.15) is 15.6 Å². The molecule has 0 aliphatic carbocycles. The summed E-state index contributed by atoms with van der Waals surface area (Å²) in [4.78, 5) is 0. The molecule has 0 spiro atoms. The third-order valence-corrected chi connectivity index (χ3v) is 2.31. The molecule has 1 aromatic rings. The van der Waals surface area contributed by atoms with Crippen molar-refractivity contribution in [1.82, 2.24) is 0 Å². The van der Waals surface area contributed by atoms with Gasteiger partial charge in [0.15, 0.2) is 0 Å². The molecule has 68 valence electrons. The van der Waals surface area contributed by atoms with Crippen molar-refractivity contribution in [3.05, 3.63) is 27.8 Å². The Bertz CT molecular complexity index is 423. The van der Waals surface area contributed by atoms with Gasteiger partial charge in [0.2, 0.25) is 5.71 Å². The number of benzene rings is 1. The largest absolute Gasteiger partial charge is 0.275 e. The predicted octanol–water partition coefficient (Wildman–Crippen LogP) is 2.11. The number of hydrogen-bond acceptors (Lipinski definition) is 4. The number of halogens is 1. The van der Waals surface area contributed by atoms with Crippen LogP contribution in [0, 0.1) is 26.2 Å². The molecule has 0 saturated heterocycles. The van der Waals surface area contributed by atoms with E-state index in [1.807, 2.05) is 24.3 Å². The highest BCUT2D eigenvalue weighted by atomic mass is 127. The summed E-state index contributed by atoms with van der Waals surface area (Å²) >= 11 is 2.13. The first-order valence-corrected chi connectivity index (χ1v) is 4.74. The zero-order chi connectivity index (χ0) is 10.4. The number of anilines is 1. The molecule has 0 aromatic heterocycles. The fourth-order valence-corrected chi connectivity index (χ4v) is 1.25. The number of nitrogens with one attached hydrogen (secondary N) is 1. The number of nitriles is 2. The Labute approximate surface area is 95.0 Å². The van der Waals surface area contributed by atoms with Crippen molar-refractivity contribution in [1.29, 1.82) is 10.5 Å². The maximum absolute atomic E-state index is 8.43. The Hall–Kier alpha value is -1.60. The molecule has 0 fully saturated rings. The third-order valence-electron chi connectivity index (χ3n) is 1.37. The maximum Gasteiger partial charge on any atom is 0.237 e. The molecule has 0 unspecified atom stereocenters. The van der Waals surface area contributed by atoms with Gasteiger partial charge in [0.05, 0.1) is 5.69 Å². The van der Waals surface area contributed by atoms with Gasteiger partial charge in [-0.25, -0.2) is 0 Å². The summed E-state index contributed by atoms with van der Waals surface area (Å²) in [7, 11) is 0. The van der Waals surface area contributed by atoms with Crippen LogP contribution in [0.2, 0.25) is 0 Å². The highest BCUT2D eigenvalue weighted by molar-refractivity contribution is 14.1. The van der Waals surface area contributed by atoms with Crippen molar-refractivity contribution in [2.45, 2.75) is 0 Å². The smallest absolute Gasteiger partial charge is 0.237 e. The first kappa shape index (κ1) is 10.5. The molecule has 0 aliphatic rings. The summed E-state index contributed by atoms with van der Waals surface area (Å²) in [5, 5.41) is 20.5. The predicted molar refractivity (Wildman–Crippen MR) is 61.4 cm³/mol. The van der Waals surface area contributed by atoms with Crippen LogP contribution >= 0.6 is 22.6 Å². The topological polar surface area (TPSA) is 72.0 Å². The lowest BCUT2D eigenvalue weighted by Gasteiger charge is -2.01. The lowest BCUT2D eigenvalue weighted by atomic mass is 10.3. The molecule has 0 radical (unpaired) electrons. The summed E-state index contributed by atoms with van der Waals surface area (Å²) in [6, 6.07) is 10.8. The summed E-state index contributed by atoms with van der Waals surface area (Å²) < 4.78 is 0.976. The molecule has 0 saturated carbocycles.